The Kier molecular flexibility index (Phi) is 6.92. The van der Waals surface area contributed by atoms with Gasteiger partial charge >= 0.3 is 6.03 Å². The molecule has 0 spiro atoms. The van der Waals surface area contributed by atoms with Gasteiger partial charge in [-0.15, -0.1) is 0 Å². The molecule has 8 heteroatoms. The maximum atomic E-state index is 11.8. The molecule has 158 valence electrons. The number of carbonyl (C=O) groups excluding carboxylic acids is 1. The summed E-state index contributed by atoms with van der Waals surface area (Å²) in [4.78, 5) is 17.9. The zero-order valence-corrected chi connectivity index (χ0v) is 17.2. The quantitative estimate of drug-likeness (QED) is 0.591. The number of methoxy groups -OCH3 is 1. The van der Waals surface area contributed by atoms with Crippen LogP contribution >= 0.6 is 0 Å². The molecule has 1 aromatic heterocycles. The first-order valence-corrected chi connectivity index (χ1v) is 9.45. The topological polar surface area (TPSA) is 97.1 Å². The molecule has 0 saturated heterocycles. The van der Waals surface area contributed by atoms with E-state index in [4.69, 9.17) is 19.0 Å². The lowest BCUT2D eigenvalue weighted by atomic mass is 10.1. The lowest BCUT2D eigenvalue weighted by Gasteiger charge is -2.10. The van der Waals surface area contributed by atoms with Crippen LogP contribution in [0.15, 0.2) is 52.9 Å². The van der Waals surface area contributed by atoms with Crippen molar-refractivity contribution in [2.75, 3.05) is 34.4 Å². The minimum atomic E-state index is -0.230. The Morgan fingerprint density at radius 3 is 2.30 bits per heavy atom. The van der Waals surface area contributed by atoms with Gasteiger partial charge in [-0.3, -0.25) is 0 Å². The van der Waals surface area contributed by atoms with Crippen LogP contribution in [0.1, 0.15) is 5.89 Å². The maximum Gasteiger partial charge on any atom is 0.317 e. The highest BCUT2D eigenvalue weighted by molar-refractivity contribution is 5.77. The summed E-state index contributed by atoms with van der Waals surface area (Å²) in [7, 11) is 4.95. The SMILES string of the molecule is COc1ccc(-c2nc(CNC(=O)N(C)C)oc2-c2ccc(OCCO)cc2)cc1. The molecule has 1 heterocycles. The standard InChI is InChI=1S/C22H25N3O5/c1-25(2)22(27)23-14-19-24-20(15-4-8-17(28-3)9-5-15)21(30-19)16-6-10-18(11-7-16)29-13-12-26/h4-11,26H,12-14H2,1-3H3,(H,23,27). The molecule has 8 nitrogen and oxygen atoms in total. The van der Waals surface area contributed by atoms with Gasteiger partial charge in [0.1, 0.15) is 23.8 Å². The predicted octanol–water partition coefficient (Wildman–Crippen LogP) is 3.16. The van der Waals surface area contributed by atoms with Crippen molar-refractivity contribution >= 4 is 6.03 Å². The maximum absolute atomic E-state index is 11.8. The molecular weight excluding hydrogens is 386 g/mol. The number of urea groups is 1. The molecule has 3 rings (SSSR count). The van der Waals surface area contributed by atoms with Gasteiger partial charge in [0.2, 0.25) is 5.89 Å². The van der Waals surface area contributed by atoms with Crippen molar-refractivity contribution in [3.63, 3.8) is 0 Å². The molecule has 0 unspecified atom stereocenters. The van der Waals surface area contributed by atoms with Crippen molar-refractivity contribution in [2.24, 2.45) is 0 Å². The van der Waals surface area contributed by atoms with Gasteiger partial charge in [-0.2, -0.15) is 0 Å². The van der Waals surface area contributed by atoms with Crippen molar-refractivity contribution < 1.29 is 23.8 Å². The lowest BCUT2D eigenvalue weighted by molar-refractivity contribution is 0.201. The number of nitrogens with zero attached hydrogens (tertiary/aromatic N) is 2. The number of aliphatic hydroxyl groups is 1. The first kappa shape index (κ1) is 21.2. The summed E-state index contributed by atoms with van der Waals surface area (Å²) in [6, 6.07) is 14.6. The molecule has 2 amide bonds. The van der Waals surface area contributed by atoms with Gasteiger partial charge in [0, 0.05) is 25.2 Å². The average Bonchev–Trinajstić information content (AvgIpc) is 3.20. The highest BCUT2D eigenvalue weighted by Crippen LogP contribution is 2.34. The molecule has 0 radical (unpaired) electrons. The second kappa shape index (κ2) is 9.80. The molecule has 0 aliphatic rings. The monoisotopic (exact) mass is 411 g/mol. The van der Waals surface area contributed by atoms with Crippen LogP contribution < -0.4 is 14.8 Å². The smallest absolute Gasteiger partial charge is 0.317 e. The summed E-state index contributed by atoms with van der Waals surface area (Å²) in [6.07, 6.45) is 0. The Morgan fingerprint density at radius 2 is 1.70 bits per heavy atom. The van der Waals surface area contributed by atoms with Crippen LogP contribution in [-0.2, 0) is 6.54 Å². The van der Waals surface area contributed by atoms with Crippen LogP contribution in [0, 0.1) is 0 Å². The number of aliphatic hydroxyl groups excluding tert-OH is 1. The van der Waals surface area contributed by atoms with Crippen molar-refractivity contribution in [1.82, 2.24) is 15.2 Å². The molecule has 30 heavy (non-hydrogen) atoms. The molecule has 0 atom stereocenters. The number of benzene rings is 2. The van der Waals surface area contributed by atoms with Gasteiger partial charge in [-0.25, -0.2) is 9.78 Å². The Bertz CT molecular complexity index is 965. The minimum absolute atomic E-state index is 0.0481. The molecule has 2 aromatic carbocycles. The summed E-state index contributed by atoms with van der Waals surface area (Å²) in [5.41, 5.74) is 2.34. The summed E-state index contributed by atoms with van der Waals surface area (Å²) < 4.78 is 16.7. The Morgan fingerprint density at radius 1 is 1.07 bits per heavy atom. The largest absolute Gasteiger partial charge is 0.497 e. The molecule has 2 N–H and O–H groups in total. The van der Waals surface area contributed by atoms with Crippen molar-refractivity contribution in [3.05, 3.63) is 54.4 Å². The molecular formula is C22H25N3O5. The zero-order valence-electron chi connectivity index (χ0n) is 17.2. The molecule has 0 aliphatic heterocycles. The first-order chi connectivity index (χ1) is 14.5. The Balaban J connectivity index is 1.93. The van der Waals surface area contributed by atoms with E-state index < -0.39 is 0 Å². The number of hydrogen-bond donors (Lipinski definition) is 2. The van der Waals surface area contributed by atoms with Crippen molar-refractivity contribution in [2.45, 2.75) is 6.54 Å². The highest BCUT2D eigenvalue weighted by atomic mass is 16.5. The molecule has 0 bridgehead atoms. The van der Waals surface area contributed by atoms with Gasteiger partial charge in [-0.05, 0) is 48.5 Å². The van der Waals surface area contributed by atoms with Gasteiger partial charge < -0.3 is 29.2 Å². The fourth-order valence-corrected chi connectivity index (χ4v) is 2.76. The van der Waals surface area contributed by atoms with Gasteiger partial charge in [0.15, 0.2) is 5.76 Å². The van der Waals surface area contributed by atoms with E-state index in [1.807, 2.05) is 36.4 Å². The number of oxazole rings is 1. The van der Waals surface area contributed by atoms with E-state index in [9.17, 15) is 4.79 Å². The number of aromatic nitrogens is 1. The number of amides is 2. The molecule has 3 aromatic rings. The number of ether oxygens (including phenoxy) is 2. The van der Waals surface area contributed by atoms with Crippen LogP contribution in [0.2, 0.25) is 0 Å². The fraction of sp³-hybridized carbons (Fsp3) is 0.273. The molecule has 0 fully saturated rings. The van der Waals surface area contributed by atoms with E-state index in [2.05, 4.69) is 10.3 Å². The zero-order chi connectivity index (χ0) is 21.5. The van der Waals surface area contributed by atoms with Crippen molar-refractivity contribution in [1.29, 1.82) is 0 Å². The van der Waals surface area contributed by atoms with Crippen LogP contribution in [0.5, 0.6) is 11.5 Å². The van der Waals surface area contributed by atoms with E-state index in [-0.39, 0.29) is 25.8 Å². The van der Waals surface area contributed by atoms with Crippen molar-refractivity contribution in [3.8, 4) is 34.1 Å². The Hall–Kier alpha value is -3.52. The summed E-state index contributed by atoms with van der Waals surface area (Å²) >= 11 is 0. The third-order valence-corrected chi connectivity index (χ3v) is 4.31. The summed E-state index contributed by atoms with van der Waals surface area (Å²) in [5.74, 6) is 2.37. The van der Waals surface area contributed by atoms with Crippen LogP contribution in [0.25, 0.3) is 22.6 Å². The van der Waals surface area contributed by atoms with E-state index >= 15 is 0 Å². The van der Waals surface area contributed by atoms with Crippen LogP contribution in [0.3, 0.4) is 0 Å². The predicted molar refractivity (Wildman–Crippen MR) is 112 cm³/mol. The first-order valence-electron chi connectivity index (χ1n) is 9.45. The lowest BCUT2D eigenvalue weighted by Crippen LogP contribution is -2.33. The van der Waals surface area contributed by atoms with E-state index in [1.165, 1.54) is 4.90 Å². The second-order valence-electron chi connectivity index (χ2n) is 6.66. The minimum Gasteiger partial charge on any atom is -0.497 e. The number of rotatable bonds is 8. The van der Waals surface area contributed by atoms with Gasteiger partial charge in [0.25, 0.3) is 0 Å². The van der Waals surface area contributed by atoms with Gasteiger partial charge in [0.05, 0.1) is 20.3 Å². The third-order valence-electron chi connectivity index (χ3n) is 4.31. The number of hydrogen-bond acceptors (Lipinski definition) is 6. The number of carbonyl (C=O) groups is 1. The second-order valence-corrected chi connectivity index (χ2v) is 6.66. The Labute approximate surface area is 175 Å². The molecule has 0 aliphatic carbocycles. The van der Waals surface area contributed by atoms with E-state index in [0.29, 0.717) is 23.1 Å². The van der Waals surface area contributed by atoms with Crippen LogP contribution in [-0.4, -0.2) is 55.4 Å². The normalized spacial score (nSPS) is 10.5. The van der Waals surface area contributed by atoms with Crippen LogP contribution in [0.4, 0.5) is 4.79 Å². The highest BCUT2D eigenvalue weighted by Gasteiger charge is 2.18. The molecule has 0 saturated carbocycles. The summed E-state index contributed by atoms with van der Waals surface area (Å²) in [5, 5.41) is 11.7. The van der Waals surface area contributed by atoms with Gasteiger partial charge in [-0.1, -0.05) is 0 Å². The number of nitrogens with one attached hydrogen (secondary N) is 1. The summed E-state index contributed by atoms with van der Waals surface area (Å²) in [6.45, 7) is 0.347. The average molecular weight is 411 g/mol. The van der Waals surface area contributed by atoms with E-state index in [1.54, 1.807) is 33.3 Å². The van der Waals surface area contributed by atoms with E-state index in [0.717, 1.165) is 16.9 Å². The fourth-order valence-electron chi connectivity index (χ4n) is 2.76. The third kappa shape index (κ3) is 5.09.